The molecule has 1 aromatic carbocycles. The standard InChI is InChI=1S/C34H39FN8O2/c1-22-33(37-25-8-9-32(36-19-25)41-12-10-39(2)11-13-41)38-28(20-40(22)3)26-17-24(35)18-30(27(26)21-44)43-15-14-42-29-7-5-4-6-23(29)16-31(42)34(43)45/h8-9,16-20,44H,1,4-7,10-15,21H2,2-3H3,(H,37,38). The van der Waals surface area contributed by atoms with Crippen LogP contribution >= 0.6 is 0 Å². The summed E-state index contributed by atoms with van der Waals surface area (Å²) in [5.41, 5.74) is 6.17. The number of amides is 1. The van der Waals surface area contributed by atoms with Gasteiger partial charge in [-0.05, 0) is 68.6 Å². The molecule has 2 N–H and O–H groups in total. The highest BCUT2D eigenvalue weighted by Crippen LogP contribution is 2.36. The van der Waals surface area contributed by atoms with Gasteiger partial charge in [-0.25, -0.2) is 14.4 Å². The molecular formula is C34H39FN8O2. The van der Waals surface area contributed by atoms with Crippen LogP contribution in [0.4, 0.5) is 21.6 Å². The van der Waals surface area contributed by atoms with Gasteiger partial charge in [-0.15, -0.1) is 0 Å². The first-order valence-electron chi connectivity index (χ1n) is 15.7. The Morgan fingerprint density at radius 3 is 2.58 bits per heavy atom. The van der Waals surface area contributed by atoms with Crippen LogP contribution in [0.15, 0.2) is 60.0 Å². The number of nitrogens with one attached hydrogen (secondary N) is 1. The van der Waals surface area contributed by atoms with Gasteiger partial charge in [0.25, 0.3) is 5.91 Å². The number of likely N-dealkylation sites (N-methyl/N-ethyl adjacent to an activating group) is 2. The maximum Gasteiger partial charge on any atom is 0.274 e. The molecular weight excluding hydrogens is 571 g/mol. The molecule has 1 amide bonds. The third kappa shape index (κ3) is 5.40. The summed E-state index contributed by atoms with van der Waals surface area (Å²) in [6.07, 6.45) is 7.75. The number of hydrogen-bond donors (Lipinski definition) is 2. The van der Waals surface area contributed by atoms with Crippen LogP contribution in [0.5, 0.6) is 0 Å². The van der Waals surface area contributed by atoms with Crippen LogP contribution in [0.25, 0.3) is 5.70 Å². The number of carbonyl (C=O) groups excluding carboxylic acids is 1. The number of rotatable bonds is 5. The number of anilines is 3. The number of pyridine rings is 1. The molecule has 1 saturated heterocycles. The van der Waals surface area contributed by atoms with Crippen LogP contribution in [-0.4, -0.2) is 83.0 Å². The zero-order valence-electron chi connectivity index (χ0n) is 25.9. The molecule has 2 aromatic heterocycles. The highest BCUT2D eigenvalue weighted by atomic mass is 19.1. The van der Waals surface area contributed by atoms with E-state index < -0.39 is 5.82 Å². The quantitative estimate of drug-likeness (QED) is 0.450. The smallest absolute Gasteiger partial charge is 0.274 e. The van der Waals surface area contributed by atoms with Crippen molar-refractivity contribution in [3.05, 3.63) is 88.9 Å². The predicted molar refractivity (Wildman–Crippen MR) is 175 cm³/mol. The van der Waals surface area contributed by atoms with Crippen molar-refractivity contribution in [1.29, 1.82) is 0 Å². The maximum absolute atomic E-state index is 15.3. The number of amidine groups is 1. The molecule has 4 aliphatic rings. The van der Waals surface area contributed by atoms with Gasteiger partial charge in [0.15, 0.2) is 5.84 Å². The highest BCUT2D eigenvalue weighted by molar-refractivity contribution is 6.11. The summed E-state index contributed by atoms with van der Waals surface area (Å²) in [4.78, 5) is 31.3. The summed E-state index contributed by atoms with van der Waals surface area (Å²) in [5, 5.41) is 14.0. The van der Waals surface area contributed by atoms with E-state index in [0.717, 1.165) is 63.4 Å². The lowest BCUT2D eigenvalue weighted by Crippen LogP contribution is -2.44. The highest BCUT2D eigenvalue weighted by Gasteiger charge is 2.32. The van der Waals surface area contributed by atoms with Gasteiger partial charge in [-0.1, -0.05) is 6.58 Å². The molecule has 234 valence electrons. The maximum atomic E-state index is 15.3. The molecule has 7 rings (SSSR count). The second-order valence-corrected chi connectivity index (χ2v) is 12.3. The number of piperazine rings is 1. The van der Waals surface area contributed by atoms with Gasteiger partial charge in [-0.2, -0.15) is 0 Å². The largest absolute Gasteiger partial charge is 0.392 e. The number of fused-ring (bicyclic) bond motifs is 3. The molecule has 1 fully saturated rings. The molecule has 0 radical (unpaired) electrons. The number of carbonyl (C=O) groups is 1. The Bertz CT molecular complexity index is 1720. The Kier molecular flexibility index (Phi) is 7.66. The van der Waals surface area contributed by atoms with E-state index in [1.807, 2.05) is 30.1 Å². The third-order valence-corrected chi connectivity index (χ3v) is 9.42. The molecule has 0 unspecified atom stereocenters. The van der Waals surface area contributed by atoms with Gasteiger partial charge in [0.1, 0.15) is 17.3 Å². The summed E-state index contributed by atoms with van der Waals surface area (Å²) >= 11 is 0. The summed E-state index contributed by atoms with van der Waals surface area (Å²) in [7, 11) is 3.97. The molecule has 5 heterocycles. The number of aliphatic hydroxyl groups excluding tert-OH is 1. The first kappa shape index (κ1) is 29.2. The summed E-state index contributed by atoms with van der Waals surface area (Å²) in [6.45, 7) is 8.68. The second-order valence-electron chi connectivity index (χ2n) is 12.3. The van der Waals surface area contributed by atoms with Crippen LogP contribution in [0, 0.1) is 5.82 Å². The molecule has 45 heavy (non-hydrogen) atoms. The van der Waals surface area contributed by atoms with Crippen LogP contribution in [0.1, 0.15) is 45.7 Å². The van der Waals surface area contributed by atoms with Crippen molar-refractivity contribution in [2.75, 3.05) is 61.9 Å². The van der Waals surface area contributed by atoms with Gasteiger partial charge in [0, 0.05) is 69.3 Å². The zero-order valence-corrected chi connectivity index (χ0v) is 25.9. The lowest BCUT2D eigenvalue weighted by molar-refractivity contribution is 0.0964. The number of halogens is 1. The molecule has 0 saturated carbocycles. The van der Waals surface area contributed by atoms with Crippen molar-refractivity contribution < 1.29 is 14.3 Å². The normalized spacial score (nSPS) is 18.9. The van der Waals surface area contributed by atoms with Crippen LogP contribution < -0.4 is 15.1 Å². The fourth-order valence-corrected chi connectivity index (χ4v) is 6.82. The number of hydrogen-bond acceptors (Lipinski definition) is 8. The molecule has 0 bridgehead atoms. The fraction of sp³-hybridized carbons (Fsp3) is 0.382. The number of aromatic nitrogens is 2. The van der Waals surface area contributed by atoms with Crippen molar-refractivity contribution in [2.24, 2.45) is 4.99 Å². The van der Waals surface area contributed by atoms with Crippen molar-refractivity contribution >= 4 is 34.6 Å². The summed E-state index contributed by atoms with van der Waals surface area (Å²) in [5.74, 6) is 0.724. The average molecular weight is 611 g/mol. The zero-order chi connectivity index (χ0) is 31.2. The van der Waals surface area contributed by atoms with Crippen LogP contribution in [0.3, 0.4) is 0 Å². The lowest BCUT2D eigenvalue weighted by Gasteiger charge is -2.33. The summed E-state index contributed by atoms with van der Waals surface area (Å²) < 4.78 is 17.5. The number of nitrogens with zero attached hydrogens (tertiary/aromatic N) is 7. The monoisotopic (exact) mass is 610 g/mol. The molecule has 10 nitrogen and oxygen atoms in total. The van der Waals surface area contributed by atoms with Crippen molar-refractivity contribution in [2.45, 2.75) is 38.8 Å². The van der Waals surface area contributed by atoms with E-state index in [4.69, 9.17) is 4.99 Å². The Labute approximate surface area is 262 Å². The minimum atomic E-state index is -0.508. The van der Waals surface area contributed by atoms with E-state index >= 15 is 4.39 Å². The first-order chi connectivity index (χ1) is 21.8. The van der Waals surface area contributed by atoms with Crippen molar-refractivity contribution in [3.63, 3.8) is 0 Å². The number of aryl methyl sites for hydroxylation is 1. The molecule has 11 heteroatoms. The Morgan fingerprint density at radius 1 is 1.02 bits per heavy atom. The Balaban J connectivity index is 1.18. The van der Waals surface area contributed by atoms with E-state index in [-0.39, 0.29) is 12.5 Å². The van der Waals surface area contributed by atoms with Gasteiger partial charge in [0.05, 0.1) is 35.6 Å². The Morgan fingerprint density at radius 2 is 1.82 bits per heavy atom. The van der Waals surface area contributed by atoms with Crippen LogP contribution in [-0.2, 0) is 26.0 Å². The number of aliphatic hydroxyl groups is 1. The minimum absolute atomic E-state index is 0.177. The molecule has 1 aliphatic carbocycles. The lowest BCUT2D eigenvalue weighted by atomic mass is 9.98. The third-order valence-electron chi connectivity index (χ3n) is 9.42. The fourth-order valence-electron chi connectivity index (χ4n) is 6.82. The predicted octanol–water partition coefficient (Wildman–Crippen LogP) is 4.07. The van der Waals surface area contributed by atoms with E-state index in [1.54, 1.807) is 17.3 Å². The van der Waals surface area contributed by atoms with Gasteiger partial charge in [0.2, 0.25) is 0 Å². The SMILES string of the molecule is C=C1C(Nc2ccc(N3CCN(C)CC3)nc2)=NC(c2cc(F)cc(N3CCn4c(cc5c4CCCC5)C3=O)c2CO)=CN1C. The minimum Gasteiger partial charge on any atom is -0.392 e. The van der Waals surface area contributed by atoms with E-state index in [1.165, 1.54) is 23.4 Å². The first-order valence-corrected chi connectivity index (χ1v) is 15.7. The van der Waals surface area contributed by atoms with Gasteiger partial charge < -0.3 is 34.6 Å². The molecule has 3 aliphatic heterocycles. The average Bonchev–Trinajstić information content (AvgIpc) is 3.43. The number of benzene rings is 1. The molecule has 3 aromatic rings. The van der Waals surface area contributed by atoms with Gasteiger partial charge in [-0.3, -0.25) is 4.79 Å². The Hall–Kier alpha value is -4.48. The topological polar surface area (TPSA) is 92.5 Å². The van der Waals surface area contributed by atoms with E-state index in [0.29, 0.717) is 52.8 Å². The van der Waals surface area contributed by atoms with E-state index in [9.17, 15) is 9.90 Å². The summed E-state index contributed by atoms with van der Waals surface area (Å²) in [6, 6.07) is 8.66. The van der Waals surface area contributed by atoms with E-state index in [2.05, 4.69) is 38.3 Å². The van der Waals surface area contributed by atoms with Crippen LogP contribution in [0.2, 0.25) is 0 Å². The van der Waals surface area contributed by atoms with Crippen molar-refractivity contribution in [3.8, 4) is 0 Å². The van der Waals surface area contributed by atoms with Crippen molar-refractivity contribution in [1.82, 2.24) is 19.4 Å². The van der Waals surface area contributed by atoms with Gasteiger partial charge >= 0.3 is 0 Å². The second kappa shape index (κ2) is 11.8. The molecule has 0 atom stereocenters. The molecule has 0 spiro atoms. The number of aliphatic imine (C=N–C) groups is 1.